The van der Waals surface area contributed by atoms with Gasteiger partial charge >= 0.3 is 0 Å². The number of rotatable bonds is 4. The summed E-state index contributed by atoms with van der Waals surface area (Å²) >= 11 is 12.6. The number of primary amides is 1. The molecule has 8 nitrogen and oxygen atoms in total. The average molecular weight is 414 g/mol. The molecule has 0 bridgehead atoms. The van der Waals surface area contributed by atoms with Crippen LogP contribution >= 0.6 is 23.2 Å². The Hall–Kier alpha value is -3.23. The molecule has 0 spiro atoms. The fourth-order valence-corrected chi connectivity index (χ4v) is 3.34. The van der Waals surface area contributed by atoms with Crippen LogP contribution in [0.5, 0.6) is 0 Å². The molecule has 1 amide bonds. The van der Waals surface area contributed by atoms with Crippen LogP contribution < -0.4 is 11.1 Å². The lowest BCUT2D eigenvalue weighted by atomic mass is 10.2. The summed E-state index contributed by atoms with van der Waals surface area (Å²) < 4.78 is 0. The maximum atomic E-state index is 11.9. The van der Waals surface area contributed by atoms with E-state index < -0.39 is 5.91 Å². The number of nitrogens with two attached hydrogens (primary N) is 1. The minimum absolute atomic E-state index is 0.196. The van der Waals surface area contributed by atoms with E-state index in [4.69, 9.17) is 28.9 Å². The first kappa shape index (κ1) is 18.1. The first-order valence-corrected chi connectivity index (χ1v) is 8.88. The summed E-state index contributed by atoms with van der Waals surface area (Å²) in [5.41, 5.74) is 7.81. The summed E-state index contributed by atoms with van der Waals surface area (Å²) in [5.74, 6) is 0.683. The van der Waals surface area contributed by atoms with E-state index in [0.717, 1.165) is 5.69 Å². The van der Waals surface area contributed by atoms with Crippen molar-refractivity contribution in [2.45, 2.75) is 6.92 Å². The van der Waals surface area contributed by atoms with Gasteiger partial charge in [0.15, 0.2) is 5.82 Å². The van der Waals surface area contributed by atoms with Gasteiger partial charge in [-0.3, -0.25) is 4.79 Å². The Balaban J connectivity index is 1.92. The lowest BCUT2D eigenvalue weighted by Crippen LogP contribution is -2.12. The topological polar surface area (TPSA) is 122 Å². The number of pyridine rings is 1. The molecule has 0 atom stereocenters. The Bertz CT molecular complexity index is 1200. The Labute approximate surface area is 169 Å². The number of hydrogen-bond donors (Lipinski definition) is 3. The van der Waals surface area contributed by atoms with E-state index >= 15 is 0 Å². The molecule has 28 heavy (non-hydrogen) atoms. The van der Waals surface area contributed by atoms with E-state index in [-0.39, 0.29) is 5.56 Å². The van der Waals surface area contributed by atoms with E-state index in [2.05, 4.69) is 30.2 Å². The zero-order valence-corrected chi connectivity index (χ0v) is 16.0. The molecular weight excluding hydrogens is 401 g/mol. The number of nitrogens with one attached hydrogen (secondary N) is 2. The predicted octanol–water partition coefficient (Wildman–Crippen LogP) is 3.87. The number of H-pyrrole nitrogens is 1. The summed E-state index contributed by atoms with van der Waals surface area (Å²) in [6.07, 6.45) is 2.81. The van der Waals surface area contributed by atoms with Crippen LogP contribution in [0.25, 0.3) is 22.4 Å². The van der Waals surface area contributed by atoms with Crippen molar-refractivity contribution in [3.05, 3.63) is 58.1 Å². The lowest BCUT2D eigenvalue weighted by Gasteiger charge is -2.06. The molecule has 3 heterocycles. The fourth-order valence-electron chi connectivity index (χ4n) is 2.76. The number of imidazole rings is 1. The number of anilines is 2. The van der Waals surface area contributed by atoms with Gasteiger partial charge in [-0.2, -0.15) is 0 Å². The van der Waals surface area contributed by atoms with Crippen molar-refractivity contribution < 1.29 is 4.79 Å². The quantitative estimate of drug-likeness (QED) is 0.466. The molecule has 0 radical (unpaired) electrons. The van der Waals surface area contributed by atoms with Crippen LogP contribution in [-0.2, 0) is 0 Å². The second-order valence-corrected chi connectivity index (χ2v) is 6.77. The Morgan fingerprint density at radius 2 is 1.93 bits per heavy atom. The van der Waals surface area contributed by atoms with Crippen molar-refractivity contribution in [3.8, 4) is 11.4 Å². The van der Waals surface area contributed by atoms with Crippen LogP contribution in [0.2, 0.25) is 10.0 Å². The number of nitrogens with zero attached hydrogens (tertiary/aromatic N) is 4. The number of carbonyl (C=O) groups excluding carboxylic acids is 1. The molecule has 0 fully saturated rings. The van der Waals surface area contributed by atoms with Crippen LogP contribution in [0.3, 0.4) is 0 Å². The largest absolute Gasteiger partial charge is 0.365 e. The molecule has 0 aliphatic carbocycles. The molecule has 0 aliphatic heterocycles. The second-order valence-electron chi connectivity index (χ2n) is 5.96. The first-order chi connectivity index (χ1) is 13.4. The maximum Gasteiger partial charge on any atom is 0.252 e. The zero-order valence-electron chi connectivity index (χ0n) is 14.5. The van der Waals surface area contributed by atoms with Crippen LogP contribution in [0.15, 0.2) is 36.8 Å². The minimum atomic E-state index is -0.637. The summed E-state index contributed by atoms with van der Waals surface area (Å²) in [6.45, 7) is 1.85. The molecule has 4 N–H and O–H groups in total. The molecule has 140 valence electrons. The van der Waals surface area contributed by atoms with Gasteiger partial charge in [-0.05, 0) is 19.1 Å². The highest BCUT2D eigenvalue weighted by Crippen LogP contribution is 2.35. The predicted molar refractivity (Wildman–Crippen MR) is 108 cm³/mol. The number of aryl methyl sites for hydroxylation is 1. The fraction of sp³-hybridized carbons (Fsp3) is 0.0556. The van der Waals surface area contributed by atoms with Crippen LogP contribution in [-0.4, -0.2) is 30.8 Å². The van der Waals surface area contributed by atoms with E-state index in [0.29, 0.717) is 44.1 Å². The molecule has 0 aliphatic rings. The molecule has 1 aromatic carbocycles. The minimum Gasteiger partial charge on any atom is -0.365 e. The Morgan fingerprint density at radius 3 is 2.61 bits per heavy atom. The van der Waals surface area contributed by atoms with Crippen LogP contribution in [0.4, 0.5) is 11.6 Å². The molecule has 0 unspecified atom stereocenters. The molecule has 0 saturated carbocycles. The number of carbonyl (C=O) groups is 1. The summed E-state index contributed by atoms with van der Waals surface area (Å²) in [4.78, 5) is 32.0. The van der Waals surface area contributed by atoms with Gasteiger partial charge in [0.1, 0.15) is 23.5 Å². The summed E-state index contributed by atoms with van der Waals surface area (Å²) in [7, 11) is 0. The number of hydrogen-bond acceptors (Lipinski definition) is 6. The molecular formula is C18H13Cl2N7O. The monoisotopic (exact) mass is 413 g/mol. The third-order valence-electron chi connectivity index (χ3n) is 4.04. The van der Waals surface area contributed by atoms with Gasteiger partial charge < -0.3 is 16.0 Å². The van der Waals surface area contributed by atoms with Crippen LogP contribution in [0.1, 0.15) is 16.1 Å². The zero-order chi connectivity index (χ0) is 19.8. The summed E-state index contributed by atoms with van der Waals surface area (Å²) in [5, 5.41) is 3.92. The van der Waals surface area contributed by atoms with E-state index in [9.17, 15) is 4.79 Å². The molecule has 10 heteroatoms. The lowest BCUT2D eigenvalue weighted by molar-refractivity contribution is 0.100. The van der Waals surface area contributed by atoms with Gasteiger partial charge in [-0.25, -0.2) is 19.9 Å². The van der Waals surface area contributed by atoms with Crippen molar-refractivity contribution in [1.82, 2.24) is 24.9 Å². The van der Waals surface area contributed by atoms with Crippen molar-refractivity contribution in [2.75, 3.05) is 5.32 Å². The SMILES string of the molecule is Cc1cc(Nc2ncc(C(N)=O)c3[nH]c(-c4c(Cl)cccc4Cl)nc23)ncn1. The average Bonchev–Trinajstić information content (AvgIpc) is 3.06. The number of aromatic amines is 1. The normalized spacial score (nSPS) is 11.0. The molecule has 4 rings (SSSR count). The standard InChI is InChI=1S/C18H13Cl2N7O/c1-8-5-12(24-7-23-8)25-18-15-14(9(6-22-18)16(21)28)26-17(27-15)13-10(19)3-2-4-11(13)20/h2-7H,1H3,(H2,21,28)(H,26,27)(H,22,23,24,25). The smallest absolute Gasteiger partial charge is 0.252 e. The van der Waals surface area contributed by atoms with E-state index in [1.54, 1.807) is 24.3 Å². The van der Waals surface area contributed by atoms with Gasteiger partial charge in [0.2, 0.25) is 0 Å². The molecule has 3 aromatic heterocycles. The molecule has 0 saturated heterocycles. The van der Waals surface area contributed by atoms with Gasteiger partial charge in [0.05, 0.1) is 26.7 Å². The first-order valence-electron chi connectivity index (χ1n) is 8.12. The van der Waals surface area contributed by atoms with E-state index in [1.165, 1.54) is 12.5 Å². The third-order valence-corrected chi connectivity index (χ3v) is 4.67. The number of halogens is 2. The van der Waals surface area contributed by atoms with Crippen molar-refractivity contribution in [1.29, 1.82) is 0 Å². The Kier molecular flexibility index (Phi) is 4.58. The number of benzene rings is 1. The highest BCUT2D eigenvalue weighted by molar-refractivity contribution is 6.39. The maximum absolute atomic E-state index is 11.9. The van der Waals surface area contributed by atoms with Gasteiger partial charge in [0.25, 0.3) is 5.91 Å². The van der Waals surface area contributed by atoms with Crippen molar-refractivity contribution in [3.63, 3.8) is 0 Å². The highest BCUT2D eigenvalue weighted by Gasteiger charge is 2.19. The summed E-state index contributed by atoms with van der Waals surface area (Å²) in [6, 6.07) is 6.89. The number of fused-ring (bicyclic) bond motifs is 1. The second kappa shape index (κ2) is 7.06. The molecule has 4 aromatic rings. The van der Waals surface area contributed by atoms with Crippen LogP contribution in [0, 0.1) is 6.92 Å². The van der Waals surface area contributed by atoms with E-state index in [1.807, 2.05) is 6.92 Å². The van der Waals surface area contributed by atoms with Crippen molar-refractivity contribution in [2.24, 2.45) is 5.73 Å². The number of amides is 1. The van der Waals surface area contributed by atoms with Gasteiger partial charge in [0, 0.05) is 18.0 Å². The third kappa shape index (κ3) is 3.23. The van der Waals surface area contributed by atoms with Gasteiger partial charge in [-0.1, -0.05) is 29.3 Å². The van der Waals surface area contributed by atoms with Crippen molar-refractivity contribution >= 4 is 51.8 Å². The Morgan fingerprint density at radius 1 is 1.18 bits per heavy atom. The number of aromatic nitrogens is 5. The van der Waals surface area contributed by atoms with Gasteiger partial charge in [-0.15, -0.1) is 0 Å². The highest BCUT2D eigenvalue weighted by atomic mass is 35.5.